The second kappa shape index (κ2) is 4.81. The minimum absolute atomic E-state index is 0.136. The average Bonchev–Trinajstić information content (AvgIpc) is 2.30. The number of rotatable bonds is 2. The van der Waals surface area contributed by atoms with Crippen LogP contribution in [-0.2, 0) is 0 Å². The highest BCUT2D eigenvalue weighted by molar-refractivity contribution is 6.30. The first-order valence-corrected chi connectivity index (χ1v) is 5.13. The van der Waals surface area contributed by atoms with E-state index in [4.69, 9.17) is 27.9 Å². The molecule has 0 N–H and O–H groups in total. The van der Waals surface area contributed by atoms with Gasteiger partial charge < -0.3 is 4.74 Å². The van der Waals surface area contributed by atoms with Crippen LogP contribution in [0, 0.1) is 11.6 Å². The van der Waals surface area contributed by atoms with Crippen LogP contribution in [0.1, 0.15) is 0 Å². The Labute approximate surface area is 105 Å². The lowest BCUT2D eigenvalue weighted by molar-refractivity contribution is 0.396. The molecule has 0 atom stereocenters. The van der Waals surface area contributed by atoms with Crippen molar-refractivity contribution in [2.75, 3.05) is 0 Å². The Kier molecular flexibility index (Phi) is 3.40. The molecular formula is C10H4Cl2F2N2O. The van der Waals surface area contributed by atoms with E-state index >= 15 is 0 Å². The van der Waals surface area contributed by atoms with Gasteiger partial charge in [0.1, 0.15) is 0 Å². The first kappa shape index (κ1) is 12.0. The predicted molar refractivity (Wildman–Crippen MR) is 58.5 cm³/mol. The minimum Gasteiger partial charge on any atom is -0.433 e. The molecule has 0 radical (unpaired) electrons. The Balaban J connectivity index is 2.38. The summed E-state index contributed by atoms with van der Waals surface area (Å²) < 4.78 is 31.6. The van der Waals surface area contributed by atoms with Gasteiger partial charge in [-0.25, -0.2) is 9.37 Å². The molecular weight excluding hydrogens is 273 g/mol. The molecule has 0 amide bonds. The Morgan fingerprint density at radius 2 is 1.94 bits per heavy atom. The molecule has 17 heavy (non-hydrogen) atoms. The van der Waals surface area contributed by atoms with Gasteiger partial charge in [0.05, 0.1) is 11.2 Å². The molecule has 7 heteroatoms. The van der Waals surface area contributed by atoms with Gasteiger partial charge in [0.15, 0.2) is 11.6 Å². The number of halogens is 4. The Hall–Kier alpha value is -1.46. The number of aromatic nitrogens is 2. The van der Waals surface area contributed by atoms with Crippen LogP contribution in [0.3, 0.4) is 0 Å². The lowest BCUT2D eigenvalue weighted by atomic mass is 10.3. The summed E-state index contributed by atoms with van der Waals surface area (Å²) >= 11 is 11.0. The zero-order valence-corrected chi connectivity index (χ0v) is 9.64. The topological polar surface area (TPSA) is 35.0 Å². The maximum Gasteiger partial charge on any atom is 0.260 e. The third-order valence-corrected chi connectivity index (χ3v) is 2.28. The van der Waals surface area contributed by atoms with Crippen LogP contribution in [0.4, 0.5) is 8.78 Å². The van der Waals surface area contributed by atoms with E-state index in [9.17, 15) is 8.78 Å². The van der Waals surface area contributed by atoms with E-state index in [-0.39, 0.29) is 16.1 Å². The second-order valence-electron chi connectivity index (χ2n) is 2.95. The summed E-state index contributed by atoms with van der Waals surface area (Å²) in [5.41, 5.74) is 0. The molecule has 0 aliphatic heterocycles. The molecule has 3 nitrogen and oxygen atoms in total. The molecule has 0 aliphatic rings. The van der Waals surface area contributed by atoms with Gasteiger partial charge in [0.2, 0.25) is 11.1 Å². The Bertz CT molecular complexity index is 566. The summed E-state index contributed by atoms with van der Waals surface area (Å²) in [6.45, 7) is 0. The minimum atomic E-state index is -0.853. The van der Waals surface area contributed by atoms with Gasteiger partial charge in [-0.1, -0.05) is 17.7 Å². The third-order valence-electron chi connectivity index (χ3n) is 1.81. The molecule has 2 rings (SSSR count). The largest absolute Gasteiger partial charge is 0.433 e. The maximum atomic E-state index is 13.5. The van der Waals surface area contributed by atoms with Gasteiger partial charge in [0, 0.05) is 0 Å². The van der Waals surface area contributed by atoms with Crippen molar-refractivity contribution >= 4 is 23.2 Å². The van der Waals surface area contributed by atoms with Crippen LogP contribution in [-0.4, -0.2) is 9.97 Å². The van der Waals surface area contributed by atoms with Gasteiger partial charge in [0.25, 0.3) is 5.88 Å². The van der Waals surface area contributed by atoms with E-state index in [1.165, 1.54) is 18.2 Å². The predicted octanol–water partition coefficient (Wildman–Crippen LogP) is 3.85. The monoisotopic (exact) mass is 276 g/mol. The molecule has 0 spiro atoms. The van der Waals surface area contributed by atoms with Gasteiger partial charge in [-0.15, -0.1) is 0 Å². The van der Waals surface area contributed by atoms with E-state index < -0.39 is 17.5 Å². The quantitative estimate of drug-likeness (QED) is 0.782. The summed E-state index contributed by atoms with van der Waals surface area (Å²) in [5.74, 6) is -2.37. The Morgan fingerprint density at radius 1 is 1.18 bits per heavy atom. The van der Waals surface area contributed by atoms with Crippen LogP contribution < -0.4 is 4.74 Å². The molecule has 88 valence electrons. The molecule has 1 aromatic carbocycles. The first-order valence-electron chi connectivity index (χ1n) is 4.38. The molecule has 0 saturated carbocycles. The second-order valence-corrected chi connectivity index (χ2v) is 3.69. The van der Waals surface area contributed by atoms with Gasteiger partial charge in [-0.3, -0.25) is 0 Å². The maximum absolute atomic E-state index is 13.5. The highest BCUT2D eigenvalue weighted by Crippen LogP contribution is 2.29. The van der Waals surface area contributed by atoms with Crippen LogP contribution >= 0.6 is 23.2 Å². The van der Waals surface area contributed by atoms with Crippen LogP contribution in [0.2, 0.25) is 10.3 Å². The van der Waals surface area contributed by atoms with Crippen molar-refractivity contribution in [2.45, 2.75) is 0 Å². The lowest BCUT2D eigenvalue weighted by Crippen LogP contribution is -1.96. The fourth-order valence-corrected chi connectivity index (χ4v) is 1.36. The summed E-state index contributed by atoms with van der Waals surface area (Å²) in [7, 11) is 0. The average molecular weight is 277 g/mol. The van der Waals surface area contributed by atoms with E-state index in [1.807, 2.05) is 0 Å². The van der Waals surface area contributed by atoms with Crippen LogP contribution in [0.5, 0.6) is 11.6 Å². The highest BCUT2D eigenvalue weighted by atomic mass is 35.5. The number of hydrogen-bond acceptors (Lipinski definition) is 3. The summed E-state index contributed by atoms with van der Waals surface area (Å²) in [5, 5.41) is -0.341. The molecule has 0 aliphatic carbocycles. The molecule has 0 unspecified atom stereocenters. The zero-order chi connectivity index (χ0) is 12.4. The lowest BCUT2D eigenvalue weighted by Gasteiger charge is -2.06. The molecule has 2 aromatic rings. The summed E-state index contributed by atoms with van der Waals surface area (Å²) in [6.07, 6.45) is 0.827. The zero-order valence-electron chi connectivity index (χ0n) is 8.12. The van der Waals surface area contributed by atoms with Crippen molar-refractivity contribution in [3.8, 4) is 11.6 Å². The fraction of sp³-hybridized carbons (Fsp3) is 0. The number of hydrogen-bond donors (Lipinski definition) is 0. The molecule has 1 heterocycles. The highest BCUT2D eigenvalue weighted by Gasteiger charge is 2.13. The number of ether oxygens (including phenoxy) is 1. The normalized spacial score (nSPS) is 10.4. The smallest absolute Gasteiger partial charge is 0.260 e. The van der Waals surface area contributed by atoms with Crippen molar-refractivity contribution in [1.29, 1.82) is 0 Å². The number of nitrogens with zero attached hydrogens (tertiary/aromatic N) is 2. The summed E-state index contributed by atoms with van der Waals surface area (Å²) in [6, 6.07) is 4.09. The van der Waals surface area contributed by atoms with Crippen molar-refractivity contribution in [3.05, 3.63) is 46.3 Å². The summed E-state index contributed by atoms with van der Waals surface area (Å²) in [4.78, 5) is 6.89. The third kappa shape index (κ3) is 2.62. The van der Waals surface area contributed by atoms with Crippen LogP contribution in [0.15, 0.2) is 24.4 Å². The standard InChI is InChI=1S/C10H4Cl2F2N2O/c11-5-2-1-3-7(8(5)14)17-9-6(13)4-15-10(12)16-9/h1-4H. The van der Waals surface area contributed by atoms with Crippen molar-refractivity contribution in [2.24, 2.45) is 0 Å². The molecule has 0 fully saturated rings. The fourth-order valence-electron chi connectivity index (χ4n) is 1.07. The van der Waals surface area contributed by atoms with E-state index in [0.717, 1.165) is 6.20 Å². The molecule has 0 saturated heterocycles. The van der Waals surface area contributed by atoms with E-state index in [2.05, 4.69) is 9.97 Å². The van der Waals surface area contributed by atoms with Gasteiger partial charge in [-0.05, 0) is 23.7 Å². The molecule has 0 bridgehead atoms. The van der Waals surface area contributed by atoms with Gasteiger partial charge >= 0.3 is 0 Å². The van der Waals surface area contributed by atoms with Crippen molar-refractivity contribution < 1.29 is 13.5 Å². The van der Waals surface area contributed by atoms with Crippen LogP contribution in [0.25, 0.3) is 0 Å². The SMILES string of the molecule is Fc1cnc(Cl)nc1Oc1cccc(Cl)c1F. The van der Waals surface area contributed by atoms with Crippen molar-refractivity contribution in [3.63, 3.8) is 0 Å². The van der Waals surface area contributed by atoms with Crippen molar-refractivity contribution in [1.82, 2.24) is 9.97 Å². The van der Waals surface area contributed by atoms with E-state index in [0.29, 0.717) is 0 Å². The van der Waals surface area contributed by atoms with Gasteiger partial charge in [-0.2, -0.15) is 9.37 Å². The first-order chi connectivity index (χ1) is 8.08. The van der Waals surface area contributed by atoms with E-state index in [1.54, 1.807) is 0 Å². The molecule has 1 aromatic heterocycles. The Morgan fingerprint density at radius 3 is 2.71 bits per heavy atom. The number of benzene rings is 1.